The Hall–Kier alpha value is -2.56. The Bertz CT molecular complexity index is 570. The van der Waals surface area contributed by atoms with E-state index in [-0.39, 0.29) is 18.1 Å². The molecule has 0 bridgehead atoms. The van der Waals surface area contributed by atoms with Crippen LogP contribution in [0.15, 0.2) is 42.7 Å². The van der Waals surface area contributed by atoms with E-state index in [9.17, 15) is 9.90 Å². The number of carbonyl (C=O) groups is 1. The zero-order valence-corrected chi connectivity index (χ0v) is 10.5. The average molecular weight is 258 g/mol. The van der Waals surface area contributed by atoms with Crippen LogP contribution in [0.4, 0.5) is 5.69 Å². The van der Waals surface area contributed by atoms with Crippen LogP contribution in [-0.2, 0) is 11.2 Å². The molecule has 0 saturated carbocycles. The number of nitrogens with one attached hydrogen (secondary N) is 1. The zero-order valence-electron chi connectivity index (χ0n) is 10.5. The highest BCUT2D eigenvalue weighted by molar-refractivity contribution is 5.92. The van der Waals surface area contributed by atoms with Gasteiger partial charge in [-0.05, 0) is 29.8 Å². The first-order valence-electron chi connectivity index (χ1n) is 5.75. The molecule has 0 spiro atoms. The Morgan fingerprint density at radius 2 is 2.05 bits per heavy atom. The third-order valence-electron chi connectivity index (χ3n) is 2.57. The molecule has 0 aliphatic carbocycles. The van der Waals surface area contributed by atoms with Gasteiger partial charge in [0.25, 0.3) is 0 Å². The Morgan fingerprint density at radius 3 is 2.74 bits per heavy atom. The molecule has 2 rings (SSSR count). The van der Waals surface area contributed by atoms with Gasteiger partial charge in [-0.2, -0.15) is 0 Å². The largest absolute Gasteiger partial charge is 0.504 e. The number of amides is 1. The quantitative estimate of drug-likeness (QED) is 0.879. The molecule has 1 heterocycles. The molecule has 0 aliphatic rings. The second-order valence-corrected chi connectivity index (χ2v) is 3.97. The highest BCUT2D eigenvalue weighted by Crippen LogP contribution is 2.26. The van der Waals surface area contributed by atoms with Crippen molar-refractivity contribution >= 4 is 11.6 Å². The van der Waals surface area contributed by atoms with Gasteiger partial charge in [0.05, 0.1) is 13.5 Å². The number of aromatic hydroxyl groups is 1. The van der Waals surface area contributed by atoms with Gasteiger partial charge < -0.3 is 15.2 Å². The fraction of sp³-hybridized carbons (Fsp3) is 0.143. The van der Waals surface area contributed by atoms with Crippen molar-refractivity contribution in [1.82, 2.24) is 4.98 Å². The van der Waals surface area contributed by atoms with Crippen molar-refractivity contribution in [3.63, 3.8) is 0 Å². The van der Waals surface area contributed by atoms with Crippen molar-refractivity contribution in [2.75, 3.05) is 12.4 Å². The van der Waals surface area contributed by atoms with E-state index in [1.165, 1.54) is 13.2 Å². The molecule has 1 aromatic carbocycles. The van der Waals surface area contributed by atoms with Crippen molar-refractivity contribution < 1.29 is 14.6 Å². The summed E-state index contributed by atoms with van der Waals surface area (Å²) in [4.78, 5) is 15.7. The maximum atomic E-state index is 11.8. The number of hydrogen-bond donors (Lipinski definition) is 2. The van der Waals surface area contributed by atoms with Crippen LogP contribution in [0, 0.1) is 0 Å². The number of ether oxygens (including phenoxy) is 1. The van der Waals surface area contributed by atoms with Gasteiger partial charge in [-0.1, -0.05) is 6.07 Å². The SMILES string of the molecule is COc1cc(CC(=O)Nc2ccncc2)ccc1O. The van der Waals surface area contributed by atoms with Crippen LogP contribution in [0.1, 0.15) is 5.56 Å². The standard InChI is InChI=1S/C14H14N2O3/c1-19-13-8-10(2-3-12(13)17)9-14(18)16-11-4-6-15-7-5-11/h2-8,17H,9H2,1H3,(H,15,16,18). The van der Waals surface area contributed by atoms with Gasteiger partial charge in [0.2, 0.25) is 5.91 Å². The minimum atomic E-state index is -0.140. The molecule has 19 heavy (non-hydrogen) atoms. The van der Waals surface area contributed by atoms with Crippen LogP contribution in [0.5, 0.6) is 11.5 Å². The summed E-state index contributed by atoms with van der Waals surface area (Å²) >= 11 is 0. The van der Waals surface area contributed by atoms with E-state index in [2.05, 4.69) is 10.3 Å². The van der Waals surface area contributed by atoms with Crippen molar-refractivity contribution in [2.24, 2.45) is 0 Å². The number of phenolic OH excluding ortho intramolecular Hbond substituents is 1. The summed E-state index contributed by atoms with van der Waals surface area (Å²) in [6, 6.07) is 8.27. The van der Waals surface area contributed by atoms with Gasteiger partial charge in [-0.15, -0.1) is 0 Å². The number of aromatic nitrogens is 1. The van der Waals surface area contributed by atoms with E-state index >= 15 is 0 Å². The van der Waals surface area contributed by atoms with Crippen LogP contribution in [0.2, 0.25) is 0 Å². The fourth-order valence-corrected chi connectivity index (χ4v) is 1.66. The molecule has 0 saturated heterocycles. The Morgan fingerprint density at radius 1 is 1.32 bits per heavy atom. The number of rotatable bonds is 4. The van der Waals surface area contributed by atoms with E-state index < -0.39 is 0 Å². The average Bonchev–Trinajstić information content (AvgIpc) is 2.42. The fourth-order valence-electron chi connectivity index (χ4n) is 1.66. The van der Waals surface area contributed by atoms with Gasteiger partial charge in [0, 0.05) is 18.1 Å². The number of phenols is 1. The minimum Gasteiger partial charge on any atom is -0.504 e. The lowest BCUT2D eigenvalue weighted by Crippen LogP contribution is -2.14. The van der Waals surface area contributed by atoms with E-state index in [1.54, 1.807) is 36.7 Å². The second-order valence-electron chi connectivity index (χ2n) is 3.97. The Labute approximate surface area is 110 Å². The molecule has 1 aromatic heterocycles. The summed E-state index contributed by atoms with van der Waals surface area (Å²) in [5.41, 5.74) is 1.46. The topological polar surface area (TPSA) is 71.5 Å². The molecule has 0 radical (unpaired) electrons. The molecular formula is C14H14N2O3. The van der Waals surface area contributed by atoms with Gasteiger partial charge in [0.15, 0.2) is 11.5 Å². The summed E-state index contributed by atoms with van der Waals surface area (Å²) in [5, 5.41) is 12.2. The Kier molecular flexibility index (Phi) is 3.97. The van der Waals surface area contributed by atoms with Crippen LogP contribution in [0.3, 0.4) is 0 Å². The van der Waals surface area contributed by atoms with Crippen molar-refractivity contribution in [3.05, 3.63) is 48.3 Å². The van der Waals surface area contributed by atoms with Gasteiger partial charge in [0.1, 0.15) is 0 Å². The van der Waals surface area contributed by atoms with Gasteiger partial charge >= 0.3 is 0 Å². The minimum absolute atomic E-state index is 0.0563. The summed E-state index contributed by atoms with van der Waals surface area (Å²) in [6.45, 7) is 0. The van der Waals surface area contributed by atoms with Crippen molar-refractivity contribution in [1.29, 1.82) is 0 Å². The van der Waals surface area contributed by atoms with E-state index in [0.29, 0.717) is 11.4 Å². The molecular weight excluding hydrogens is 244 g/mol. The van der Waals surface area contributed by atoms with Crippen molar-refractivity contribution in [3.8, 4) is 11.5 Å². The highest BCUT2D eigenvalue weighted by atomic mass is 16.5. The van der Waals surface area contributed by atoms with Crippen LogP contribution in [0.25, 0.3) is 0 Å². The zero-order chi connectivity index (χ0) is 13.7. The smallest absolute Gasteiger partial charge is 0.228 e. The van der Waals surface area contributed by atoms with Crippen LogP contribution >= 0.6 is 0 Å². The number of anilines is 1. The lowest BCUT2D eigenvalue weighted by Gasteiger charge is -2.07. The number of hydrogen-bond acceptors (Lipinski definition) is 4. The molecule has 2 N–H and O–H groups in total. The summed E-state index contributed by atoms with van der Waals surface area (Å²) in [7, 11) is 1.47. The number of carbonyl (C=O) groups excluding carboxylic acids is 1. The highest BCUT2D eigenvalue weighted by Gasteiger charge is 2.07. The molecule has 1 amide bonds. The molecule has 98 valence electrons. The number of pyridine rings is 1. The first-order chi connectivity index (χ1) is 9.19. The van der Waals surface area contributed by atoms with E-state index in [0.717, 1.165) is 5.56 Å². The molecule has 0 unspecified atom stereocenters. The first-order valence-corrected chi connectivity index (χ1v) is 5.75. The summed E-state index contributed by atoms with van der Waals surface area (Å²) < 4.78 is 5.00. The van der Waals surface area contributed by atoms with Crippen LogP contribution < -0.4 is 10.1 Å². The van der Waals surface area contributed by atoms with Crippen LogP contribution in [-0.4, -0.2) is 23.1 Å². The predicted molar refractivity (Wildman–Crippen MR) is 71.2 cm³/mol. The Balaban J connectivity index is 2.03. The maximum absolute atomic E-state index is 11.8. The molecule has 0 aliphatic heterocycles. The monoisotopic (exact) mass is 258 g/mol. The predicted octanol–water partition coefficient (Wildman–Crippen LogP) is 1.98. The molecule has 5 heteroatoms. The lowest BCUT2D eigenvalue weighted by molar-refractivity contribution is -0.115. The number of methoxy groups -OCH3 is 1. The number of nitrogens with zero attached hydrogens (tertiary/aromatic N) is 1. The van der Waals surface area contributed by atoms with Gasteiger partial charge in [-0.25, -0.2) is 0 Å². The second kappa shape index (κ2) is 5.86. The molecule has 2 aromatic rings. The lowest BCUT2D eigenvalue weighted by atomic mass is 10.1. The first kappa shape index (κ1) is 12.9. The summed E-state index contributed by atoms with van der Waals surface area (Å²) in [5.74, 6) is 0.272. The normalized spacial score (nSPS) is 9.95. The van der Waals surface area contributed by atoms with Gasteiger partial charge in [-0.3, -0.25) is 9.78 Å². The third-order valence-corrected chi connectivity index (χ3v) is 2.57. The number of benzene rings is 1. The molecule has 5 nitrogen and oxygen atoms in total. The van der Waals surface area contributed by atoms with E-state index in [4.69, 9.17) is 4.74 Å². The molecule has 0 atom stereocenters. The third kappa shape index (κ3) is 3.45. The van der Waals surface area contributed by atoms with E-state index in [1.807, 2.05) is 0 Å². The summed E-state index contributed by atoms with van der Waals surface area (Å²) in [6.07, 6.45) is 3.43. The molecule has 0 fully saturated rings. The maximum Gasteiger partial charge on any atom is 0.228 e. The van der Waals surface area contributed by atoms with Crippen molar-refractivity contribution in [2.45, 2.75) is 6.42 Å².